The first kappa shape index (κ1) is 15.7. The van der Waals surface area contributed by atoms with Crippen molar-refractivity contribution in [1.82, 2.24) is 0 Å². The lowest BCUT2D eigenvalue weighted by Crippen LogP contribution is -2.11. The third-order valence-electron chi connectivity index (χ3n) is 3.25. The molecule has 21 heavy (non-hydrogen) atoms. The fourth-order valence-electron chi connectivity index (χ4n) is 2.14. The molecule has 2 aromatic carbocycles. The normalized spacial score (nSPS) is 11.5. The van der Waals surface area contributed by atoms with Crippen LogP contribution in [0.25, 0.3) is 0 Å². The molecule has 5 heteroatoms. The van der Waals surface area contributed by atoms with E-state index in [1.165, 1.54) is 12.1 Å². The van der Waals surface area contributed by atoms with Crippen molar-refractivity contribution in [3.8, 4) is 0 Å². The Hall–Kier alpha value is -1.68. The van der Waals surface area contributed by atoms with Crippen molar-refractivity contribution in [2.45, 2.75) is 26.6 Å². The molecule has 1 N–H and O–H groups in total. The Morgan fingerprint density at radius 3 is 2.38 bits per heavy atom. The van der Waals surface area contributed by atoms with Gasteiger partial charge in [-0.25, -0.2) is 0 Å². The van der Waals surface area contributed by atoms with Gasteiger partial charge in [0.05, 0.1) is 5.56 Å². The van der Waals surface area contributed by atoms with E-state index in [1.54, 1.807) is 0 Å². The highest BCUT2D eigenvalue weighted by Gasteiger charge is 2.33. The van der Waals surface area contributed by atoms with E-state index in [9.17, 15) is 13.2 Å². The second kappa shape index (κ2) is 5.98. The van der Waals surface area contributed by atoms with Crippen molar-refractivity contribution < 1.29 is 13.2 Å². The summed E-state index contributed by atoms with van der Waals surface area (Å²) in [6.45, 7) is 4.25. The maximum atomic E-state index is 13.0. The van der Waals surface area contributed by atoms with Gasteiger partial charge in [-0.3, -0.25) is 0 Å². The van der Waals surface area contributed by atoms with Gasteiger partial charge in [-0.05, 0) is 43.2 Å². The van der Waals surface area contributed by atoms with Crippen molar-refractivity contribution in [2.24, 2.45) is 0 Å². The first-order chi connectivity index (χ1) is 9.77. The number of halogens is 4. The summed E-state index contributed by atoms with van der Waals surface area (Å²) in [7, 11) is 0. The average molecular weight is 314 g/mol. The molecule has 112 valence electrons. The second-order valence-electron chi connectivity index (χ2n) is 4.97. The molecule has 0 aliphatic heterocycles. The van der Waals surface area contributed by atoms with Gasteiger partial charge in [0, 0.05) is 17.3 Å². The van der Waals surface area contributed by atoms with E-state index in [4.69, 9.17) is 11.6 Å². The summed E-state index contributed by atoms with van der Waals surface area (Å²) >= 11 is 5.65. The molecule has 0 fully saturated rings. The van der Waals surface area contributed by atoms with E-state index in [0.29, 0.717) is 6.54 Å². The van der Waals surface area contributed by atoms with E-state index in [-0.39, 0.29) is 10.7 Å². The maximum Gasteiger partial charge on any atom is 0.418 e. The molecule has 0 saturated carbocycles. The zero-order valence-electron chi connectivity index (χ0n) is 11.7. The summed E-state index contributed by atoms with van der Waals surface area (Å²) in [5.41, 5.74) is 2.42. The third-order valence-corrected chi connectivity index (χ3v) is 3.49. The van der Waals surface area contributed by atoms with Gasteiger partial charge < -0.3 is 5.32 Å². The van der Waals surface area contributed by atoms with Crippen LogP contribution in [0.1, 0.15) is 22.3 Å². The molecule has 1 nitrogen and oxygen atoms in total. The molecule has 0 aliphatic carbocycles. The van der Waals surface area contributed by atoms with Crippen LogP contribution in [-0.2, 0) is 12.7 Å². The summed E-state index contributed by atoms with van der Waals surface area (Å²) in [4.78, 5) is 0. The fourth-order valence-corrected chi connectivity index (χ4v) is 2.31. The van der Waals surface area contributed by atoms with Crippen molar-refractivity contribution >= 4 is 17.3 Å². The van der Waals surface area contributed by atoms with Crippen molar-refractivity contribution in [2.75, 3.05) is 5.32 Å². The highest BCUT2D eigenvalue weighted by Crippen LogP contribution is 2.36. The maximum absolute atomic E-state index is 13.0. The molecule has 0 amide bonds. The number of rotatable bonds is 3. The molecule has 2 aromatic rings. The van der Waals surface area contributed by atoms with Crippen LogP contribution in [0, 0.1) is 13.8 Å². The summed E-state index contributed by atoms with van der Waals surface area (Å²) in [5, 5.41) is 2.91. The number of nitrogens with one attached hydrogen (secondary N) is 1. The molecule has 0 aliphatic rings. The molecule has 0 atom stereocenters. The van der Waals surface area contributed by atoms with Crippen molar-refractivity contribution in [3.63, 3.8) is 0 Å². The molecule has 0 saturated heterocycles. The van der Waals surface area contributed by atoms with E-state index >= 15 is 0 Å². The number of anilines is 1. The molecule has 0 aromatic heterocycles. The van der Waals surface area contributed by atoms with Gasteiger partial charge in [0.2, 0.25) is 0 Å². The fraction of sp³-hybridized carbons (Fsp3) is 0.250. The van der Waals surface area contributed by atoms with Gasteiger partial charge in [-0.1, -0.05) is 35.4 Å². The van der Waals surface area contributed by atoms with E-state index in [0.717, 1.165) is 22.8 Å². The molecule has 0 spiro atoms. The van der Waals surface area contributed by atoms with Crippen LogP contribution >= 0.6 is 11.6 Å². The number of alkyl halides is 3. The average Bonchev–Trinajstić information content (AvgIpc) is 2.38. The SMILES string of the molecule is Cc1ccc(CNc2ccc(Cl)cc2C(F)(F)F)c(C)c1. The molecule has 2 rings (SSSR count). The first-order valence-corrected chi connectivity index (χ1v) is 6.82. The lowest BCUT2D eigenvalue weighted by atomic mass is 10.1. The first-order valence-electron chi connectivity index (χ1n) is 6.44. The van der Waals surface area contributed by atoms with Crippen molar-refractivity contribution in [3.05, 3.63) is 63.7 Å². The smallest absolute Gasteiger partial charge is 0.380 e. The number of benzene rings is 2. The van der Waals surface area contributed by atoms with Gasteiger partial charge >= 0.3 is 6.18 Å². The van der Waals surface area contributed by atoms with Gasteiger partial charge in [-0.2, -0.15) is 13.2 Å². The van der Waals surface area contributed by atoms with Crippen LogP contribution in [0.4, 0.5) is 18.9 Å². The monoisotopic (exact) mass is 313 g/mol. The third kappa shape index (κ3) is 3.91. The summed E-state index contributed by atoms with van der Waals surface area (Å²) in [6, 6.07) is 9.60. The second-order valence-corrected chi connectivity index (χ2v) is 5.41. The van der Waals surface area contributed by atoms with Gasteiger partial charge in [-0.15, -0.1) is 0 Å². The Morgan fingerprint density at radius 1 is 1.05 bits per heavy atom. The van der Waals surface area contributed by atoms with Crippen LogP contribution in [-0.4, -0.2) is 0 Å². The molecule has 0 heterocycles. The molecule has 0 unspecified atom stereocenters. The summed E-state index contributed by atoms with van der Waals surface area (Å²) < 4.78 is 39.0. The number of aryl methyl sites for hydroxylation is 2. The van der Waals surface area contributed by atoms with E-state index < -0.39 is 11.7 Å². The predicted octanol–water partition coefficient (Wildman–Crippen LogP) is 5.59. The van der Waals surface area contributed by atoms with Crippen LogP contribution in [0.2, 0.25) is 5.02 Å². The minimum Gasteiger partial charge on any atom is -0.380 e. The van der Waals surface area contributed by atoms with E-state index in [1.807, 2.05) is 32.0 Å². The van der Waals surface area contributed by atoms with Crippen LogP contribution in [0.3, 0.4) is 0 Å². The highest BCUT2D eigenvalue weighted by molar-refractivity contribution is 6.30. The Labute approximate surface area is 126 Å². The summed E-state index contributed by atoms with van der Waals surface area (Å²) in [6.07, 6.45) is -4.43. The Balaban J connectivity index is 2.24. The predicted molar refractivity (Wildman–Crippen MR) is 79.7 cm³/mol. The topological polar surface area (TPSA) is 12.0 Å². The highest BCUT2D eigenvalue weighted by atomic mass is 35.5. The lowest BCUT2D eigenvalue weighted by molar-refractivity contribution is -0.136. The standard InChI is InChI=1S/C16H15ClF3N/c1-10-3-4-12(11(2)7-10)9-21-15-6-5-13(17)8-14(15)16(18,19)20/h3-8,21H,9H2,1-2H3. The lowest BCUT2D eigenvalue weighted by Gasteiger charge is -2.16. The van der Waals surface area contributed by atoms with Crippen molar-refractivity contribution in [1.29, 1.82) is 0 Å². The zero-order chi connectivity index (χ0) is 15.6. The van der Waals surface area contributed by atoms with Crippen LogP contribution in [0.5, 0.6) is 0 Å². The zero-order valence-corrected chi connectivity index (χ0v) is 12.4. The molecule has 0 radical (unpaired) electrons. The Kier molecular flexibility index (Phi) is 4.47. The van der Waals surface area contributed by atoms with E-state index in [2.05, 4.69) is 5.32 Å². The van der Waals surface area contributed by atoms with Gasteiger partial charge in [0.1, 0.15) is 0 Å². The molecular weight excluding hydrogens is 299 g/mol. The quantitative estimate of drug-likeness (QED) is 0.779. The summed E-state index contributed by atoms with van der Waals surface area (Å²) in [5.74, 6) is 0. The largest absolute Gasteiger partial charge is 0.418 e. The molecule has 0 bridgehead atoms. The van der Waals surface area contributed by atoms with Crippen LogP contribution in [0.15, 0.2) is 36.4 Å². The molecular formula is C16H15ClF3N. The Morgan fingerprint density at radius 2 is 1.76 bits per heavy atom. The number of hydrogen-bond acceptors (Lipinski definition) is 1. The Bertz CT molecular complexity index is 650. The number of hydrogen-bond donors (Lipinski definition) is 1. The minimum absolute atomic E-state index is 0.0341. The van der Waals surface area contributed by atoms with Gasteiger partial charge in [0.15, 0.2) is 0 Å². The van der Waals surface area contributed by atoms with Gasteiger partial charge in [0.25, 0.3) is 0 Å². The minimum atomic E-state index is -4.43. The van der Waals surface area contributed by atoms with Crippen LogP contribution < -0.4 is 5.32 Å².